The molecule has 0 spiro atoms. The Labute approximate surface area is 127 Å². The molecule has 1 atom stereocenters. The van der Waals surface area contributed by atoms with Crippen LogP contribution in [0.3, 0.4) is 0 Å². The fourth-order valence-corrected chi connectivity index (χ4v) is 2.52. The van der Waals surface area contributed by atoms with E-state index >= 15 is 0 Å². The van der Waals surface area contributed by atoms with Gasteiger partial charge in [-0.2, -0.15) is 0 Å². The zero-order valence-corrected chi connectivity index (χ0v) is 13.6. The Morgan fingerprint density at radius 3 is 2.67 bits per heavy atom. The van der Waals surface area contributed by atoms with Crippen molar-refractivity contribution in [2.24, 2.45) is 0 Å². The second kappa shape index (κ2) is 6.56. The lowest BCUT2D eigenvalue weighted by Crippen LogP contribution is -2.35. The second-order valence-electron chi connectivity index (χ2n) is 6.84. The van der Waals surface area contributed by atoms with E-state index in [1.54, 1.807) is 6.92 Å². The number of rotatable bonds is 4. The lowest BCUT2D eigenvalue weighted by Gasteiger charge is -2.24. The molecule has 0 bridgehead atoms. The molecule has 1 aromatic rings. The third-order valence-electron chi connectivity index (χ3n) is 3.86. The number of hydrogen-bond acceptors (Lipinski definition) is 3. The van der Waals surface area contributed by atoms with Gasteiger partial charge in [0.2, 0.25) is 5.91 Å². The molecule has 2 rings (SSSR count). The fourth-order valence-electron chi connectivity index (χ4n) is 2.52. The van der Waals surface area contributed by atoms with Crippen molar-refractivity contribution in [2.45, 2.75) is 58.6 Å². The van der Waals surface area contributed by atoms with Crippen LogP contribution in [0.5, 0.6) is 0 Å². The minimum Gasteiger partial charge on any atom is -0.376 e. The van der Waals surface area contributed by atoms with Gasteiger partial charge in [0.05, 0.1) is 6.10 Å². The lowest BCUT2D eigenvalue weighted by molar-refractivity contribution is -0.131. The van der Waals surface area contributed by atoms with Gasteiger partial charge in [-0.25, -0.2) is 0 Å². The predicted molar refractivity (Wildman–Crippen MR) is 83.0 cm³/mol. The minimum atomic E-state index is 0.0521. The number of ether oxygens (including phenoxy) is 1. The normalized spacial score (nSPS) is 18.8. The summed E-state index contributed by atoms with van der Waals surface area (Å²) < 4.78 is 5.63. The fraction of sp³-hybridized carbons (Fsp3) is 0.647. The molecule has 1 aliphatic heterocycles. The molecular weight excluding hydrogens is 264 g/mol. The average molecular weight is 290 g/mol. The maximum absolute atomic E-state index is 11.8. The largest absolute Gasteiger partial charge is 0.376 e. The number of nitrogens with zero attached hydrogens (tertiary/aromatic N) is 2. The van der Waals surface area contributed by atoms with Crippen molar-refractivity contribution in [1.82, 2.24) is 9.88 Å². The van der Waals surface area contributed by atoms with Gasteiger partial charge >= 0.3 is 0 Å². The van der Waals surface area contributed by atoms with Gasteiger partial charge < -0.3 is 9.64 Å². The monoisotopic (exact) mass is 290 g/mol. The highest BCUT2D eigenvalue weighted by Crippen LogP contribution is 2.20. The summed E-state index contributed by atoms with van der Waals surface area (Å²) in [5, 5.41) is 0. The van der Waals surface area contributed by atoms with Crippen molar-refractivity contribution in [2.75, 3.05) is 13.2 Å². The van der Waals surface area contributed by atoms with E-state index in [1.807, 2.05) is 11.1 Å². The maximum atomic E-state index is 11.8. The summed E-state index contributed by atoms with van der Waals surface area (Å²) in [6.07, 6.45) is 4.21. The van der Waals surface area contributed by atoms with E-state index in [4.69, 9.17) is 4.74 Å². The van der Waals surface area contributed by atoms with Crippen LogP contribution >= 0.6 is 0 Å². The highest BCUT2D eigenvalue weighted by atomic mass is 16.5. The van der Waals surface area contributed by atoms with Gasteiger partial charge in [0.15, 0.2) is 0 Å². The number of hydrogen-bond donors (Lipinski definition) is 0. The van der Waals surface area contributed by atoms with Crippen molar-refractivity contribution < 1.29 is 9.53 Å². The van der Waals surface area contributed by atoms with Crippen LogP contribution in [0.1, 0.15) is 51.8 Å². The Kier molecular flexibility index (Phi) is 4.99. The summed E-state index contributed by atoms with van der Waals surface area (Å²) in [5.74, 6) is 0.0883. The maximum Gasteiger partial charge on any atom is 0.219 e. The van der Waals surface area contributed by atoms with E-state index in [1.165, 1.54) is 0 Å². The van der Waals surface area contributed by atoms with E-state index in [0.29, 0.717) is 13.1 Å². The molecule has 4 heteroatoms. The van der Waals surface area contributed by atoms with Crippen LogP contribution in [0.2, 0.25) is 0 Å². The number of carbonyl (C=O) groups excluding carboxylic acids is 1. The Hall–Kier alpha value is -1.42. The lowest BCUT2D eigenvalue weighted by atomic mass is 9.91. The number of pyridine rings is 1. The minimum absolute atomic E-state index is 0.0521. The third kappa shape index (κ3) is 4.53. The Balaban J connectivity index is 2.01. The van der Waals surface area contributed by atoms with E-state index in [9.17, 15) is 4.79 Å². The molecule has 1 fully saturated rings. The highest BCUT2D eigenvalue weighted by molar-refractivity contribution is 5.73. The molecule has 4 nitrogen and oxygen atoms in total. The summed E-state index contributed by atoms with van der Waals surface area (Å²) >= 11 is 0. The van der Waals surface area contributed by atoms with Gasteiger partial charge in [0.25, 0.3) is 0 Å². The average Bonchev–Trinajstić information content (AvgIpc) is 2.90. The highest BCUT2D eigenvalue weighted by Gasteiger charge is 2.21. The Morgan fingerprint density at radius 1 is 1.43 bits per heavy atom. The van der Waals surface area contributed by atoms with Gasteiger partial charge in [-0.15, -0.1) is 0 Å². The van der Waals surface area contributed by atoms with Crippen LogP contribution in [-0.2, 0) is 21.5 Å². The molecule has 0 aliphatic carbocycles. The van der Waals surface area contributed by atoms with Crippen molar-refractivity contribution >= 4 is 5.91 Å². The van der Waals surface area contributed by atoms with E-state index in [-0.39, 0.29) is 17.4 Å². The molecule has 1 amide bonds. The molecule has 0 saturated carbocycles. The zero-order valence-electron chi connectivity index (χ0n) is 13.6. The molecule has 1 saturated heterocycles. The molecule has 0 radical (unpaired) electrons. The molecule has 0 N–H and O–H groups in total. The van der Waals surface area contributed by atoms with Crippen LogP contribution < -0.4 is 0 Å². The van der Waals surface area contributed by atoms with Crippen molar-refractivity contribution in [3.63, 3.8) is 0 Å². The molecule has 116 valence electrons. The van der Waals surface area contributed by atoms with Gasteiger partial charge in [-0.05, 0) is 24.5 Å². The van der Waals surface area contributed by atoms with E-state index in [0.717, 1.165) is 30.7 Å². The predicted octanol–water partition coefficient (Wildman–Crippen LogP) is 2.91. The topological polar surface area (TPSA) is 42.4 Å². The summed E-state index contributed by atoms with van der Waals surface area (Å²) in [4.78, 5) is 18.2. The van der Waals surface area contributed by atoms with Crippen LogP contribution in [0, 0.1) is 0 Å². The summed E-state index contributed by atoms with van der Waals surface area (Å²) in [5.41, 5.74) is 2.19. The summed E-state index contributed by atoms with van der Waals surface area (Å²) in [6, 6.07) is 4.12. The molecule has 2 heterocycles. The van der Waals surface area contributed by atoms with Crippen molar-refractivity contribution in [3.8, 4) is 0 Å². The SMILES string of the molecule is CC(=O)N(Cc1ccc(C(C)(C)C)nc1)C[C@@H]1CCCO1. The number of carbonyl (C=O) groups is 1. The Bertz CT molecular complexity index is 471. The van der Waals surface area contributed by atoms with Crippen LogP contribution in [0.25, 0.3) is 0 Å². The Morgan fingerprint density at radius 2 is 2.19 bits per heavy atom. The molecule has 1 aliphatic rings. The smallest absolute Gasteiger partial charge is 0.219 e. The van der Waals surface area contributed by atoms with Crippen molar-refractivity contribution in [3.05, 3.63) is 29.6 Å². The number of amides is 1. The van der Waals surface area contributed by atoms with Crippen molar-refractivity contribution in [1.29, 1.82) is 0 Å². The summed E-state index contributed by atoms with van der Waals surface area (Å²) in [7, 11) is 0. The van der Waals surface area contributed by atoms with E-state index < -0.39 is 0 Å². The first kappa shape index (κ1) is 16.0. The first-order chi connectivity index (χ1) is 9.86. The number of aromatic nitrogens is 1. The van der Waals surface area contributed by atoms with E-state index in [2.05, 4.69) is 37.9 Å². The molecule has 1 aromatic heterocycles. The van der Waals surface area contributed by atoms with Gasteiger partial charge in [0, 0.05) is 43.9 Å². The molecular formula is C17H26N2O2. The molecule has 21 heavy (non-hydrogen) atoms. The van der Waals surface area contributed by atoms with Crippen LogP contribution in [-0.4, -0.2) is 35.0 Å². The quantitative estimate of drug-likeness (QED) is 0.856. The molecule has 0 aromatic carbocycles. The van der Waals surface area contributed by atoms with Gasteiger partial charge in [-0.1, -0.05) is 26.8 Å². The third-order valence-corrected chi connectivity index (χ3v) is 3.86. The van der Waals surface area contributed by atoms with Crippen LogP contribution in [0.4, 0.5) is 0 Å². The zero-order chi connectivity index (χ0) is 15.5. The van der Waals surface area contributed by atoms with Crippen LogP contribution in [0.15, 0.2) is 18.3 Å². The van der Waals surface area contributed by atoms with Gasteiger partial charge in [0.1, 0.15) is 0 Å². The second-order valence-corrected chi connectivity index (χ2v) is 6.84. The first-order valence-corrected chi connectivity index (χ1v) is 7.69. The standard InChI is InChI=1S/C17H26N2O2/c1-13(20)19(12-15-6-5-9-21-15)11-14-7-8-16(18-10-14)17(2,3)4/h7-8,10,15H,5-6,9,11-12H2,1-4H3/t15-/m0/s1. The summed E-state index contributed by atoms with van der Waals surface area (Å²) in [6.45, 7) is 10.2. The van der Waals surface area contributed by atoms with Gasteiger partial charge in [-0.3, -0.25) is 9.78 Å². The first-order valence-electron chi connectivity index (χ1n) is 7.69. The molecule has 0 unspecified atom stereocenters.